The molecule has 0 aliphatic rings. The van der Waals surface area contributed by atoms with Crippen LogP contribution in [0.4, 0.5) is 5.69 Å². The van der Waals surface area contributed by atoms with Gasteiger partial charge in [-0.15, -0.1) is 5.75 Å². The molecule has 0 bridgehead atoms. The second-order valence-electron chi connectivity index (χ2n) is 2.17. The van der Waals surface area contributed by atoms with Gasteiger partial charge in [-0.2, -0.15) is 8.42 Å². The molecule has 0 atom stereocenters. The van der Waals surface area contributed by atoms with E-state index < -0.39 is 20.8 Å². The van der Waals surface area contributed by atoms with Crippen molar-refractivity contribution in [2.75, 3.05) is 5.73 Å². The molecule has 0 amide bonds. The molecule has 0 aromatic heterocycles. The summed E-state index contributed by atoms with van der Waals surface area (Å²) in [6, 6.07) is 3.01. The first-order valence-corrected chi connectivity index (χ1v) is 4.39. The summed E-state index contributed by atoms with van der Waals surface area (Å²) in [6.07, 6.45) is 0. The van der Waals surface area contributed by atoms with Crippen molar-refractivity contribution < 1.29 is 47.6 Å². The van der Waals surface area contributed by atoms with Crippen LogP contribution in [-0.4, -0.2) is 13.0 Å². The van der Waals surface area contributed by atoms with Gasteiger partial charge in [-0.05, 0) is 12.1 Å². The van der Waals surface area contributed by atoms with Gasteiger partial charge in [0.2, 0.25) is 0 Å². The van der Waals surface area contributed by atoms with Crippen LogP contribution < -0.4 is 40.4 Å². The summed E-state index contributed by atoms with van der Waals surface area (Å²) in [7, 11) is -4.38. The fourth-order valence-corrected chi connectivity index (χ4v) is 1.37. The number of hydrogen-bond acceptors (Lipinski definition) is 4. The normalized spacial score (nSPS) is 10.5. The molecule has 3 N–H and O–H groups in total. The number of rotatable bonds is 1. The number of hydrogen-bond donors (Lipinski definition) is 2. The van der Waals surface area contributed by atoms with E-state index in [1.165, 1.54) is 0 Å². The maximum atomic E-state index is 10.7. The molecule has 5 nitrogen and oxygen atoms in total. The van der Waals surface area contributed by atoms with E-state index in [1.54, 1.807) is 0 Å². The van der Waals surface area contributed by atoms with Gasteiger partial charge in [-0.3, -0.25) is 4.55 Å². The van der Waals surface area contributed by atoms with Gasteiger partial charge in [0.25, 0.3) is 10.1 Å². The Morgan fingerprint density at radius 1 is 1.38 bits per heavy atom. The Bertz CT molecular complexity index is 403. The summed E-state index contributed by atoms with van der Waals surface area (Å²) < 4.78 is 29.6. The monoisotopic (exact) mass is 211 g/mol. The van der Waals surface area contributed by atoms with Crippen LogP contribution in [0, 0.1) is 0 Å². The Morgan fingerprint density at radius 3 is 2.31 bits per heavy atom. The molecule has 1 aromatic carbocycles. The first-order chi connectivity index (χ1) is 5.41. The third-order valence-corrected chi connectivity index (χ3v) is 2.17. The van der Waals surface area contributed by atoms with Crippen LogP contribution in [-0.2, 0) is 10.1 Å². The maximum absolute atomic E-state index is 10.7. The third kappa shape index (κ3) is 3.17. The first-order valence-electron chi connectivity index (χ1n) is 2.95. The SMILES string of the molecule is Nc1ccc([O-])cc1S(=O)(=O)O.[Na+]. The zero-order valence-electron chi connectivity index (χ0n) is 6.89. The summed E-state index contributed by atoms with van der Waals surface area (Å²) in [5.74, 6) is -0.517. The van der Waals surface area contributed by atoms with Crippen molar-refractivity contribution >= 4 is 15.8 Å². The Hall–Kier alpha value is -0.270. The van der Waals surface area contributed by atoms with Crippen LogP contribution >= 0.6 is 0 Å². The Labute approximate surface area is 97.6 Å². The molecule has 0 aliphatic carbocycles. The molecular weight excluding hydrogens is 205 g/mol. The van der Waals surface area contributed by atoms with E-state index in [9.17, 15) is 13.5 Å². The first kappa shape index (κ1) is 12.7. The largest absolute Gasteiger partial charge is 1.00 e. The van der Waals surface area contributed by atoms with E-state index in [4.69, 9.17) is 10.3 Å². The standard InChI is InChI=1S/C6H7NO4S.Na/c7-5-2-1-4(8)3-6(5)12(9,10)11;/h1-3,8H,7H2,(H,9,10,11);/q;+1/p-1. The third-order valence-electron chi connectivity index (χ3n) is 1.26. The van der Waals surface area contributed by atoms with E-state index in [0.29, 0.717) is 0 Å². The number of anilines is 1. The topological polar surface area (TPSA) is 103 Å². The van der Waals surface area contributed by atoms with E-state index in [1.807, 2.05) is 0 Å². The van der Waals surface area contributed by atoms with E-state index in [2.05, 4.69) is 0 Å². The molecule has 1 rings (SSSR count). The minimum absolute atomic E-state index is 0. The second kappa shape index (κ2) is 4.30. The van der Waals surface area contributed by atoms with Gasteiger partial charge >= 0.3 is 29.6 Å². The molecular formula is C6H6NNaO4S. The summed E-state index contributed by atoms with van der Waals surface area (Å²) in [6.45, 7) is 0. The number of benzene rings is 1. The van der Waals surface area contributed by atoms with E-state index in [0.717, 1.165) is 18.2 Å². The van der Waals surface area contributed by atoms with Crippen molar-refractivity contribution in [2.24, 2.45) is 0 Å². The van der Waals surface area contributed by atoms with Crippen molar-refractivity contribution in [2.45, 2.75) is 4.90 Å². The molecule has 0 saturated carbocycles. The van der Waals surface area contributed by atoms with Gasteiger partial charge in [-0.25, -0.2) is 0 Å². The van der Waals surface area contributed by atoms with Gasteiger partial charge in [0, 0.05) is 0 Å². The van der Waals surface area contributed by atoms with Crippen LogP contribution in [0.25, 0.3) is 0 Å². The molecule has 0 heterocycles. The fourth-order valence-electron chi connectivity index (χ4n) is 0.738. The van der Waals surface area contributed by atoms with Crippen molar-refractivity contribution in [1.29, 1.82) is 0 Å². The molecule has 0 radical (unpaired) electrons. The van der Waals surface area contributed by atoms with Crippen LogP contribution in [0.3, 0.4) is 0 Å². The Kier molecular flexibility index (Phi) is 4.21. The van der Waals surface area contributed by atoms with Crippen LogP contribution in [0.1, 0.15) is 0 Å². The quantitative estimate of drug-likeness (QED) is 0.286. The van der Waals surface area contributed by atoms with Crippen molar-refractivity contribution in [1.82, 2.24) is 0 Å². The predicted molar refractivity (Wildman–Crippen MR) is 40.1 cm³/mol. The average Bonchev–Trinajstić information content (AvgIpc) is 1.92. The minimum atomic E-state index is -4.38. The fraction of sp³-hybridized carbons (Fsp3) is 0. The number of nitrogen functional groups attached to an aromatic ring is 1. The minimum Gasteiger partial charge on any atom is -0.872 e. The van der Waals surface area contributed by atoms with Crippen molar-refractivity contribution in [3.8, 4) is 5.75 Å². The molecule has 0 aliphatic heterocycles. The van der Waals surface area contributed by atoms with Gasteiger partial charge in [-0.1, -0.05) is 6.07 Å². The zero-order valence-corrected chi connectivity index (χ0v) is 9.71. The summed E-state index contributed by atoms with van der Waals surface area (Å²) in [4.78, 5) is -0.546. The summed E-state index contributed by atoms with van der Waals surface area (Å²) in [5, 5.41) is 10.7. The Morgan fingerprint density at radius 2 is 1.92 bits per heavy atom. The van der Waals surface area contributed by atoms with Gasteiger partial charge in [0.15, 0.2) is 0 Å². The van der Waals surface area contributed by atoms with Crippen LogP contribution in [0.2, 0.25) is 0 Å². The van der Waals surface area contributed by atoms with Crippen LogP contribution in [0.15, 0.2) is 23.1 Å². The van der Waals surface area contributed by atoms with Gasteiger partial charge in [0.1, 0.15) is 4.90 Å². The molecule has 7 heteroatoms. The molecule has 66 valence electrons. The van der Waals surface area contributed by atoms with Crippen molar-refractivity contribution in [3.63, 3.8) is 0 Å². The second-order valence-corrected chi connectivity index (χ2v) is 3.56. The van der Waals surface area contributed by atoms with Gasteiger partial charge < -0.3 is 10.8 Å². The molecule has 0 spiro atoms. The van der Waals surface area contributed by atoms with E-state index in [-0.39, 0.29) is 35.2 Å². The van der Waals surface area contributed by atoms with Crippen LogP contribution in [0.5, 0.6) is 5.75 Å². The summed E-state index contributed by atoms with van der Waals surface area (Å²) >= 11 is 0. The smallest absolute Gasteiger partial charge is 0.872 e. The molecule has 13 heavy (non-hydrogen) atoms. The maximum Gasteiger partial charge on any atom is 1.00 e. The van der Waals surface area contributed by atoms with E-state index >= 15 is 0 Å². The summed E-state index contributed by atoms with van der Waals surface area (Å²) in [5.41, 5.74) is 5.06. The molecule has 1 aromatic rings. The molecule has 0 fully saturated rings. The molecule has 0 unspecified atom stereocenters. The zero-order chi connectivity index (χ0) is 9.35. The molecule has 0 saturated heterocycles. The predicted octanol–water partition coefficient (Wildman–Crippen LogP) is -3.41. The average molecular weight is 211 g/mol. The Balaban J connectivity index is 0.00000144. The van der Waals surface area contributed by atoms with Gasteiger partial charge in [0.05, 0.1) is 5.69 Å². The number of nitrogens with two attached hydrogens (primary N) is 1. The van der Waals surface area contributed by atoms with Crippen molar-refractivity contribution in [3.05, 3.63) is 18.2 Å².